The molecule has 2 aromatic heterocycles. The van der Waals surface area contributed by atoms with E-state index in [4.69, 9.17) is 9.47 Å². The summed E-state index contributed by atoms with van der Waals surface area (Å²) in [5, 5.41) is 5.66. The van der Waals surface area contributed by atoms with E-state index in [9.17, 15) is 14.4 Å². The molecule has 250 valence electrons. The molecule has 0 bridgehead atoms. The first-order valence-corrected chi connectivity index (χ1v) is 16.3. The average molecular weight is 642 g/mol. The van der Waals surface area contributed by atoms with Gasteiger partial charge in [0.1, 0.15) is 22.8 Å². The third-order valence-corrected chi connectivity index (χ3v) is 7.38. The van der Waals surface area contributed by atoms with Crippen LogP contribution in [0.4, 0.5) is 26.9 Å². The van der Waals surface area contributed by atoms with Crippen molar-refractivity contribution in [3.05, 3.63) is 83.2 Å². The highest BCUT2D eigenvalue weighted by Gasteiger charge is 2.25. The van der Waals surface area contributed by atoms with E-state index in [1.807, 2.05) is 6.07 Å². The van der Waals surface area contributed by atoms with Gasteiger partial charge in [-0.05, 0) is 115 Å². The minimum absolute atomic E-state index is 0.135. The predicted molar refractivity (Wildman–Crippen MR) is 185 cm³/mol. The predicted octanol–water partition coefficient (Wildman–Crippen LogP) is 8.34. The number of pyridine rings is 2. The van der Waals surface area contributed by atoms with Crippen LogP contribution in [-0.2, 0) is 27.1 Å². The lowest BCUT2D eigenvalue weighted by Crippen LogP contribution is -2.38. The van der Waals surface area contributed by atoms with Gasteiger partial charge in [0.2, 0.25) is 0 Å². The molecule has 3 amide bonds. The van der Waals surface area contributed by atoms with E-state index < -0.39 is 23.4 Å². The van der Waals surface area contributed by atoms with E-state index in [0.717, 1.165) is 48.8 Å². The topological polar surface area (TPSA) is 123 Å². The van der Waals surface area contributed by atoms with Gasteiger partial charge >= 0.3 is 12.2 Å². The number of allylic oxidation sites excluding steroid dienone is 1. The quantitative estimate of drug-likeness (QED) is 0.241. The first-order valence-electron chi connectivity index (χ1n) is 16.3. The molecule has 3 aromatic rings. The molecular formula is C37H47N5O5. The largest absolute Gasteiger partial charge is 0.444 e. The smallest absolute Gasteiger partial charge is 0.416 e. The molecule has 0 atom stereocenters. The number of carbonyl (C=O) groups is 3. The zero-order valence-electron chi connectivity index (χ0n) is 28.6. The lowest BCUT2D eigenvalue weighted by atomic mass is 9.86. The van der Waals surface area contributed by atoms with Crippen molar-refractivity contribution in [3.8, 4) is 0 Å². The third-order valence-electron chi connectivity index (χ3n) is 7.38. The van der Waals surface area contributed by atoms with E-state index in [0.29, 0.717) is 29.4 Å². The van der Waals surface area contributed by atoms with Crippen molar-refractivity contribution in [2.24, 2.45) is 0 Å². The fraction of sp³-hybridized carbons (Fsp3) is 0.432. The maximum atomic E-state index is 13.5. The van der Waals surface area contributed by atoms with Gasteiger partial charge in [0.15, 0.2) is 0 Å². The molecule has 10 heteroatoms. The SMILES string of the molecule is CCc1ccc(C2=C(C(=O)Nc3ccc(N(CCc4cccc(NC(=O)OC(C)(C)C)n4)C(=O)OC(C)(C)C)nc3)CCCC2)cc1. The number of aromatic nitrogens is 2. The lowest BCUT2D eigenvalue weighted by molar-refractivity contribution is -0.113. The van der Waals surface area contributed by atoms with E-state index in [2.05, 4.69) is 51.8 Å². The van der Waals surface area contributed by atoms with Gasteiger partial charge in [-0.25, -0.2) is 19.6 Å². The highest BCUT2D eigenvalue weighted by molar-refractivity contribution is 6.09. The van der Waals surface area contributed by atoms with Crippen molar-refractivity contribution >= 4 is 41.0 Å². The van der Waals surface area contributed by atoms with Crippen LogP contribution in [0.5, 0.6) is 0 Å². The van der Waals surface area contributed by atoms with Gasteiger partial charge in [0.05, 0.1) is 11.9 Å². The number of benzene rings is 1. The molecule has 10 nitrogen and oxygen atoms in total. The minimum atomic E-state index is -0.721. The molecule has 2 N–H and O–H groups in total. The molecule has 1 aliphatic carbocycles. The van der Waals surface area contributed by atoms with Gasteiger partial charge < -0.3 is 14.8 Å². The molecule has 1 aromatic carbocycles. The molecule has 47 heavy (non-hydrogen) atoms. The number of aryl methyl sites for hydroxylation is 1. The molecule has 1 aliphatic rings. The second-order valence-corrected chi connectivity index (χ2v) is 13.6. The molecule has 0 fully saturated rings. The summed E-state index contributed by atoms with van der Waals surface area (Å²) in [5.41, 5.74) is 4.07. The summed E-state index contributed by atoms with van der Waals surface area (Å²) in [7, 11) is 0. The van der Waals surface area contributed by atoms with Crippen LogP contribution in [0.1, 0.15) is 91.0 Å². The normalized spacial score (nSPS) is 13.5. The molecular weight excluding hydrogens is 594 g/mol. The average Bonchev–Trinajstić information content (AvgIpc) is 3.00. The van der Waals surface area contributed by atoms with Crippen LogP contribution >= 0.6 is 0 Å². The second-order valence-electron chi connectivity index (χ2n) is 13.6. The Labute approximate surface area is 278 Å². The van der Waals surface area contributed by atoms with E-state index in [1.54, 1.807) is 72.0 Å². The number of rotatable bonds is 9. The Morgan fingerprint density at radius 1 is 0.851 bits per heavy atom. The van der Waals surface area contributed by atoms with Gasteiger partial charge in [0.25, 0.3) is 5.91 Å². The molecule has 0 aliphatic heterocycles. The molecule has 2 heterocycles. The van der Waals surface area contributed by atoms with E-state index in [1.165, 1.54) is 10.5 Å². The van der Waals surface area contributed by atoms with Crippen LogP contribution in [0.3, 0.4) is 0 Å². The number of nitrogens with one attached hydrogen (secondary N) is 2. The van der Waals surface area contributed by atoms with Crippen molar-refractivity contribution in [3.63, 3.8) is 0 Å². The zero-order valence-corrected chi connectivity index (χ0v) is 28.6. The number of nitrogens with zero attached hydrogens (tertiary/aromatic N) is 3. The summed E-state index contributed by atoms with van der Waals surface area (Å²) >= 11 is 0. The first-order chi connectivity index (χ1) is 22.2. The summed E-state index contributed by atoms with van der Waals surface area (Å²) in [4.78, 5) is 49.5. The van der Waals surface area contributed by atoms with Gasteiger partial charge in [0, 0.05) is 24.2 Å². The Kier molecular flexibility index (Phi) is 11.4. The molecule has 0 unspecified atom stereocenters. The van der Waals surface area contributed by atoms with Crippen molar-refractivity contribution in [2.75, 3.05) is 22.1 Å². The molecule has 0 radical (unpaired) electrons. The van der Waals surface area contributed by atoms with Crippen molar-refractivity contribution in [1.82, 2.24) is 9.97 Å². The number of anilines is 3. The van der Waals surface area contributed by atoms with Crippen molar-refractivity contribution in [1.29, 1.82) is 0 Å². The first kappa shape index (κ1) is 35.1. The lowest BCUT2D eigenvalue weighted by Gasteiger charge is -2.27. The maximum Gasteiger partial charge on any atom is 0.416 e. The summed E-state index contributed by atoms with van der Waals surface area (Å²) in [5.74, 6) is 0.575. The summed E-state index contributed by atoms with van der Waals surface area (Å²) in [6.45, 7) is 13.1. The molecule has 0 saturated carbocycles. The Bertz CT molecular complexity index is 1590. The van der Waals surface area contributed by atoms with Gasteiger partial charge in [-0.2, -0.15) is 0 Å². The van der Waals surface area contributed by atoms with Gasteiger partial charge in [-0.1, -0.05) is 37.3 Å². The number of amides is 3. The Morgan fingerprint density at radius 2 is 1.55 bits per heavy atom. The van der Waals surface area contributed by atoms with Gasteiger partial charge in [-0.15, -0.1) is 0 Å². The minimum Gasteiger partial charge on any atom is -0.444 e. The zero-order chi connectivity index (χ0) is 34.2. The Morgan fingerprint density at radius 3 is 2.19 bits per heavy atom. The molecule has 0 spiro atoms. The van der Waals surface area contributed by atoms with Crippen LogP contribution in [0.2, 0.25) is 0 Å². The number of ether oxygens (including phenoxy) is 2. The standard InChI is InChI=1S/C37H47N5O5/c1-8-25-16-18-26(19-17-25)29-13-9-10-14-30(29)33(43)40-28-20-21-32(38-24-28)42(35(45)47-37(5,6)7)23-22-27-12-11-15-31(39-27)41-34(44)46-36(2,3)4/h11-12,15-21,24H,8-10,13-14,22-23H2,1-7H3,(H,40,43)(H,39,41,44). The molecule has 0 saturated heterocycles. The second kappa shape index (κ2) is 15.2. The fourth-order valence-electron chi connectivity index (χ4n) is 5.18. The summed E-state index contributed by atoms with van der Waals surface area (Å²) in [6.07, 6.45) is 5.33. The van der Waals surface area contributed by atoms with Crippen molar-refractivity contribution in [2.45, 2.75) is 98.2 Å². The van der Waals surface area contributed by atoms with Crippen LogP contribution in [0.15, 0.2) is 66.4 Å². The van der Waals surface area contributed by atoms with Crippen LogP contribution in [0.25, 0.3) is 5.57 Å². The van der Waals surface area contributed by atoms with Crippen LogP contribution in [0, 0.1) is 0 Å². The maximum absolute atomic E-state index is 13.5. The summed E-state index contributed by atoms with van der Waals surface area (Å²) < 4.78 is 11.0. The highest BCUT2D eigenvalue weighted by Crippen LogP contribution is 2.33. The van der Waals surface area contributed by atoms with Crippen LogP contribution < -0.4 is 15.5 Å². The summed E-state index contributed by atoms with van der Waals surface area (Å²) in [6, 6.07) is 17.1. The molecule has 4 rings (SSSR count). The monoisotopic (exact) mass is 641 g/mol. The van der Waals surface area contributed by atoms with E-state index >= 15 is 0 Å². The highest BCUT2D eigenvalue weighted by atomic mass is 16.6. The van der Waals surface area contributed by atoms with Crippen molar-refractivity contribution < 1.29 is 23.9 Å². The Balaban J connectivity index is 1.49. The van der Waals surface area contributed by atoms with Gasteiger partial charge in [-0.3, -0.25) is 15.0 Å². The number of hydrogen-bond donors (Lipinski definition) is 2. The third kappa shape index (κ3) is 10.7. The fourth-order valence-corrected chi connectivity index (χ4v) is 5.18. The Hall–Kier alpha value is -4.73. The number of hydrogen-bond acceptors (Lipinski definition) is 7. The number of carbonyl (C=O) groups excluding carboxylic acids is 3. The van der Waals surface area contributed by atoms with Crippen LogP contribution in [-0.4, -0.2) is 45.8 Å². The van der Waals surface area contributed by atoms with E-state index in [-0.39, 0.29) is 12.5 Å².